The molecule has 114 valence electrons. The lowest BCUT2D eigenvalue weighted by molar-refractivity contribution is -0.151. The van der Waals surface area contributed by atoms with E-state index in [1.54, 1.807) is 0 Å². The number of amides is 1. The van der Waals surface area contributed by atoms with Crippen LogP contribution >= 0.6 is 0 Å². The third-order valence-corrected chi connectivity index (χ3v) is 3.55. The first-order valence-electron chi connectivity index (χ1n) is 7.49. The molecule has 2 atom stereocenters. The van der Waals surface area contributed by atoms with Gasteiger partial charge in [-0.2, -0.15) is 0 Å². The Morgan fingerprint density at radius 2 is 1.50 bits per heavy atom. The van der Waals surface area contributed by atoms with Gasteiger partial charge in [-0.05, 0) is 24.7 Å². The summed E-state index contributed by atoms with van der Waals surface area (Å²) in [4.78, 5) is 25.9. The smallest absolute Gasteiger partial charge is 0.307 e. The number of hydrogen-bond donors (Lipinski definition) is 1. The van der Waals surface area contributed by atoms with E-state index in [0.29, 0.717) is 37.8 Å². The van der Waals surface area contributed by atoms with Crippen LogP contribution in [0.4, 0.5) is 0 Å². The molecule has 4 nitrogen and oxygen atoms in total. The summed E-state index contributed by atoms with van der Waals surface area (Å²) in [5, 5.41) is 9.30. The van der Waals surface area contributed by atoms with Crippen molar-refractivity contribution in [2.45, 2.75) is 40.5 Å². The van der Waals surface area contributed by atoms with E-state index in [1.807, 2.05) is 17.1 Å². The molecule has 0 spiro atoms. The summed E-state index contributed by atoms with van der Waals surface area (Å²) < 4.78 is 0. The highest BCUT2D eigenvalue weighted by molar-refractivity contribution is 5.85. The van der Waals surface area contributed by atoms with Gasteiger partial charge in [0.25, 0.3) is 0 Å². The van der Waals surface area contributed by atoms with E-state index < -0.39 is 17.8 Å². The molecule has 4 heteroatoms. The number of carbonyl (C=O) groups excluding carboxylic acids is 1. The van der Waals surface area contributed by atoms with Crippen molar-refractivity contribution in [2.24, 2.45) is 23.7 Å². The summed E-state index contributed by atoms with van der Waals surface area (Å²) in [6, 6.07) is 0. The standard InChI is InChI=1S/C16H27NO3/c1-11(2)9-17(10-12(3)4)15(18)13-7-5-6-8-14(13)16(19)20/h5-6,11-14H,7-10H2,1-4H3,(H,19,20)/t13-,14-/m1/s1. The second-order valence-electron chi connectivity index (χ2n) is 6.52. The zero-order valence-corrected chi connectivity index (χ0v) is 13.0. The Hall–Kier alpha value is -1.32. The van der Waals surface area contributed by atoms with Crippen LogP contribution in [0.25, 0.3) is 0 Å². The second kappa shape index (κ2) is 7.46. The summed E-state index contributed by atoms with van der Waals surface area (Å²) in [6.07, 6.45) is 4.81. The van der Waals surface area contributed by atoms with E-state index >= 15 is 0 Å². The van der Waals surface area contributed by atoms with Crippen molar-refractivity contribution in [3.05, 3.63) is 12.2 Å². The Bertz CT molecular complexity index is 364. The molecule has 1 rings (SSSR count). The van der Waals surface area contributed by atoms with Crippen molar-refractivity contribution in [1.29, 1.82) is 0 Å². The van der Waals surface area contributed by atoms with E-state index in [9.17, 15) is 14.7 Å². The van der Waals surface area contributed by atoms with Crippen LogP contribution in [0.15, 0.2) is 12.2 Å². The summed E-state index contributed by atoms with van der Waals surface area (Å²) in [7, 11) is 0. The molecular formula is C16H27NO3. The van der Waals surface area contributed by atoms with Crippen LogP contribution in [0, 0.1) is 23.7 Å². The predicted molar refractivity (Wildman–Crippen MR) is 79.2 cm³/mol. The van der Waals surface area contributed by atoms with Crippen molar-refractivity contribution in [2.75, 3.05) is 13.1 Å². The van der Waals surface area contributed by atoms with E-state index in [-0.39, 0.29) is 5.91 Å². The highest BCUT2D eigenvalue weighted by Gasteiger charge is 2.36. The first-order chi connectivity index (χ1) is 9.32. The summed E-state index contributed by atoms with van der Waals surface area (Å²) >= 11 is 0. The number of carboxylic acids is 1. The number of hydrogen-bond acceptors (Lipinski definition) is 2. The minimum atomic E-state index is -0.859. The number of carbonyl (C=O) groups is 2. The normalized spacial score (nSPS) is 22.3. The monoisotopic (exact) mass is 281 g/mol. The molecule has 0 fully saturated rings. The van der Waals surface area contributed by atoms with E-state index in [1.165, 1.54) is 0 Å². The van der Waals surface area contributed by atoms with Gasteiger partial charge < -0.3 is 10.0 Å². The van der Waals surface area contributed by atoms with Gasteiger partial charge in [-0.25, -0.2) is 0 Å². The second-order valence-corrected chi connectivity index (χ2v) is 6.52. The van der Waals surface area contributed by atoms with Crippen LogP contribution in [-0.4, -0.2) is 35.0 Å². The Balaban J connectivity index is 2.85. The van der Waals surface area contributed by atoms with Gasteiger partial charge in [0.15, 0.2) is 0 Å². The van der Waals surface area contributed by atoms with Gasteiger partial charge in [0.2, 0.25) is 5.91 Å². The van der Waals surface area contributed by atoms with Crippen LogP contribution in [0.3, 0.4) is 0 Å². The van der Waals surface area contributed by atoms with Gasteiger partial charge >= 0.3 is 5.97 Å². The molecular weight excluding hydrogens is 254 g/mol. The van der Waals surface area contributed by atoms with Gasteiger partial charge in [-0.15, -0.1) is 0 Å². The molecule has 1 aliphatic carbocycles. The molecule has 0 bridgehead atoms. The molecule has 0 aliphatic heterocycles. The maximum Gasteiger partial charge on any atom is 0.307 e. The SMILES string of the molecule is CC(C)CN(CC(C)C)C(=O)[C@@H]1CC=CC[C@H]1C(=O)O. The largest absolute Gasteiger partial charge is 0.481 e. The number of rotatable bonds is 6. The molecule has 1 N–H and O–H groups in total. The number of allylic oxidation sites excluding steroid dienone is 2. The molecule has 1 aliphatic rings. The summed E-state index contributed by atoms with van der Waals surface area (Å²) in [5.74, 6) is -1.06. The molecule has 0 aromatic heterocycles. The van der Waals surface area contributed by atoms with Gasteiger partial charge in [0, 0.05) is 13.1 Å². The van der Waals surface area contributed by atoms with E-state index in [2.05, 4.69) is 27.7 Å². The molecule has 0 saturated heterocycles. The maximum absolute atomic E-state index is 12.7. The fraction of sp³-hybridized carbons (Fsp3) is 0.750. The molecule has 0 aromatic rings. The molecule has 20 heavy (non-hydrogen) atoms. The van der Waals surface area contributed by atoms with Crippen LogP contribution in [0.2, 0.25) is 0 Å². The highest BCUT2D eigenvalue weighted by Crippen LogP contribution is 2.28. The minimum Gasteiger partial charge on any atom is -0.481 e. The summed E-state index contributed by atoms with van der Waals surface area (Å²) in [5.41, 5.74) is 0. The lowest BCUT2D eigenvalue weighted by Crippen LogP contribution is -2.44. The van der Waals surface area contributed by atoms with Crippen LogP contribution in [0.1, 0.15) is 40.5 Å². The Labute approximate surface area is 121 Å². The molecule has 0 unspecified atom stereocenters. The van der Waals surface area contributed by atoms with Crippen LogP contribution < -0.4 is 0 Å². The maximum atomic E-state index is 12.7. The molecule has 0 aromatic carbocycles. The quantitative estimate of drug-likeness (QED) is 0.762. The topological polar surface area (TPSA) is 57.6 Å². The first-order valence-corrected chi connectivity index (χ1v) is 7.49. The zero-order chi connectivity index (χ0) is 15.3. The van der Waals surface area contributed by atoms with Crippen molar-refractivity contribution >= 4 is 11.9 Å². The lowest BCUT2D eigenvalue weighted by atomic mass is 9.82. The van der Waals surface area contributed by atoms with Gasteiger partial charge in [0.05, 0.1) is 11.8 Å². The number of nitrogens with zero attached hydrogens (tertiary/aromatic N) is 1. The van der Waals surface area contributed by atoms with E-state index in [4.69, 9.17) is 0 Å². The first kappa shape index (κ1) is 16.7. The van der Waals surface area contributed by atoms with Gasteiger partial charge in [-0.3, -0.25) is 9.59 Å². The molecule has 0 radical (unpaired) electrons. The number of carboxylic acid groups (broad SMARTS) is 1. The highest BCUT2D eigenvalue weighted by atomic mass is 16.4. The zero-order valence-electron chi connectivity index (χ0n) is 13.0. The Morgan fingerprint density at radius 1 is 1.05 bits per heavy atom. The van der Waals surface area contributed by atoms with Crippen molar-refractivity contribution in [3.8, 4) is 0 Å². The summed E-state index contributed by atoms with van der Waals surface area (Å²) in [6.45, 7) is 9.71. The molecule has 1 amide bonds. The van der Waals surface area contributed by atoms with Crippen molar-refractivity contribution < 1.29 is 14.7 Å². The van der Waals surface area contributed by atoms with Crippen LogP contribution in [-0.2, 0) is 9.59 Å². The van der Waals surface area contributed by atoms with Crippen molar-refractivity contribution in [3.63, 3.8) is 0 Å². The minimum absolute atomic E-state index is 0.00384. The predicted octanol–water partition coefficient (Wildman–Crippen LogP) is 2.79. The lowest BCUT2D eigenvalue weighted by Gasteiger charge is -2.33. The van der Waals surface area contributed by atoms with Crippen molar-refractivity contribution in [1.82, 2.24) is 4.90 Å². The van der Waals surface area contributed by atoms with Gasteiger partial charge in [0.1, 0.15) is 0 Å². The third kappa shape index (κ3) is 4.66. The fourth-order valence-electron chi connectivity index (χ4n) is 2.73. The third-order valence-electron chi connectivity index (χ3n) is 3.55. The number of aliphatic carboxylic acids is 1. The average molecular weight is 281 g/mol. The Morgan fingerprint density at radius 3 is 1.90 bits per heavy atom. The van der Waals surface area contributed by atoms with Gasteiger partial charge in [-0.1, -0.05) is 39.8 Å². The molecule has 0 heterocycles. The van der Waals surface area contributed by atoms with E-state index in [0.717, 1.165) is 0 Å². The van der Waals surface area contributed by atoms with Crippen LogP contribution in [0.5, 0.6) is 0 Å². The Kier molecular flexibility index (Phi) is 6.24. The average Bonchev–Trinajstić information content (AvgIpc) is 2.36. The molecule has 0 saturated carbocycles. The fourth-order valence-corrected chi connectivity index (χ4v) is 2.73.